The zero-order valence-electron chi connectivity index (χ0n) is 8.90. The third-order valence-electron chi connectivity index (χ3n) is 1.89. The van der Waals surface area contributed by atoms with Crippen LogP contribution in [0.25, 0.3) is 0 Å². The van der Waals surface area contributed by atoms with Crippen LogP contribution in [0.1, 0.15) is 10.4 Å². The maximum atomic E-state index is 12.0. The number of Topliss-reactive ketones (excluding diaryl/α,β-unsaturated/α-hetero) is 1. The van der Waals surface area contributed by atoms with E-state index in [-0.39, 0.29) is 5.78 Å². The first-order valence-corrected chi connectivity index (χ1v) is 7.28. The molecule has 80 valence electrons. The average Bonchev–Trinajstić information content (AvgIpc) is 2.29. The smallest absolute Gasteiger partial charge is 0.190 e. The molecule has 0 aliphatic carbocycles. The predicted octanol–water partition coefficient (Wildman–Crippen LogP) is 3.48. The van der Waals surface area contributed by atoms with Gasteiger partial charge in [0.05, 0.1) is 0 Å². The number of benzene rings is 1. The Morgan fingerprint density at radius 2 is 1.93 bits per heavy atom. The minimum atomic E-state index is 0.138. The van der Waals surface area contributed by atoms with Gasteiger partial charge in [-0.1, -0.05) is 30.3 Å². The molecule has 0 bridgehead atoms. The van der Waals surface area contributed by atoms with E-state index in [0.29, 0.717) is 0 Å². The molecular formula is C12H14OS2. The summed E-state index contributed by atoms with van der Waals surface area (Å²) in [5.41, 5.74) is 1.65. The van der Waals surface area contributed by atoms with Gasteiger partial charge in [-0.15, -0.1) is 11.8 Å². The van der Waals surface area contributed by atoms with E-state index in [1.54, 1.807) is 23.5 Å². The van der Waals surface area contributed by atoms with Crippen LogP contribution >= 0.6 is 23.5 Å². The predicted molar refractivity (Wildman–Crippen MR) is 70.8 cm³/mol. The third kappa shape index (κ3) is 3.76. The molecular weight excluding hydrogens is 224 g/mol. The van der Waals surface area contributed by atoms with Gasteiger partial charge in [0.1, 0.15) is 0 Å². The maximum Gasteiger partial charge on any atom is 0.190 e. The first-order chi connectivity index (χ1) is 7.29. The lowest BCUT2D eigenvalue weighted by molar-refractivity contribution is 0.103. The highest BCUT2D eigenvalue weighted by molar-refractivity contribution is 8.01. The molecule has 0 unspecified atom stereocenters. The van der Waals surface area contributed by atoms with Crippen molar-refractivity contribution in [1.29, 1.82) is 0 Å². The van der Waals surface area contributed by atoms with E-state index in [1.807, 2.05) is 48.3 Å². The first kappa shape index (κ1) is 12.4. The van der Waals surface area contributed by atoms with Crippen molar-refractivity contribution in [2.24, 2.45) is 0 Å². The Balaban J connectivity index is 2.86. The van der Waals surface area contributed by atoms with E-state index in [0.717, 1.165) is 16.9 Å². The summed E-state index contributed by atoms with van der Waals surface area (Å²) in [6.45, 7) is 0. The standard InChI is InChI=1S/C12H14OS2/c1-14-8-11(9-15-2)12(13)10-6-4-3-5-7-10/h3-8H,9H2,1-2H3/b11-8+. The van der Waals surface area contributed by atoms with Crippen molar-refractivity contribution in [1.82, 2.24) is 0 Å². The van der Waals surface area contributed by atoms with Crippen molar-refractivity contribution in [3.8, 4) is 0 Å². The molecule has 0 saturated heterocycles. The van der Waals surface area contributed by atoms with Gasteiger partial charge in [-0.05, 0) is 17.9 Å². The summed E-state index contributed by atoms with van der Waals surface area (Å²) < 4.78 is 0. The zero-order valence-corrected chi connectivity index (χ0v) is 10.5. The maximum absolute atomic E-state index is 12.0. The lowest BCUT2D eigenvalue weighted by Gasteiger charge is -2.04. The molecule has 15 heavy (non-hydrogen) atoms. The lowest BCUT2D eigenvalue weighted by atomic mass is 10.1. The van der Waals surface area contributed by atoms with E-state index in [2.05, 4.69) is 0 Å². The molecule has 0 fully saturated rings. The average molecular weight is 238 g/mol. The minimum absolute atomic E-state index is 0.138. The number of thioether (sulfide) groups is 2. The van der Waals surface area contributed by atoms with Gasteiger partial charge in [0.15, 0.2) is 5.78 Å². The van der Waals surface area contributed by atoms with Crippen LogP contribution in [0.15, 0.2) is 41.3 Å². The number of carbonyl (C=O) groups excluding carboxylic acids is 1. The van der Waals surface area contributed by atoms with Crippen LogP contribution in [0.4, 0.5) is 0 Å². The quantitative estimate of drug-likeness (QED) is 0.577. The Bertz CT molecular complexity index is 344. The molecule has 0 spiro atoms. The fourth-order valence-corrected chi connectivity index (χ4v) is 2.33. The van der Waals surface area contributed by atoms with Gasteiger partial charge in [-0.3, -0.25) is 4.79 Å². The second-order valence-electron chi connectivity index (χ2n) is 3.01. The van der Waals surface area contributed by atoms with Gasteiger partial charge < -0.3 is 0 Å². The SMILES string of the molecule is CS/C=C(\CSC)C(=O)c1ccccc1. The van der Waals surface area contributed by atoms with E-state index < -0.39 is 0 Å². The molecule has 1 nitrogen and oxygen atoms in total. The molecule has 1 aromatic rings. The Labute approximate surface area is 99.3 Å². The van der Waals surface area contributed by atoms with Gasteiger partial charge in [0.25, 0.3) is 0 Å². The number of carbonyl (C=O) groups is 1. The summed E-state index contributed by atoms with van der Waals surface area (Å²) in [5, 5.41) is 1.94. The van der Waals surface area contributed by atoms with Crippen molar-refractivity contribution >= 4 is 29.3 Å². The molecule has 0 atom stereocenters. The zero-order chi connectivity index (χ0) is 11.1. The van der Waals surface area contributed by atoms with Crippen molar-refractivity contribution in [2.45, 2.75) is 0 Å². The van der Waals surface area contributed by atoms with Crippen molar-refractivity contribution in [3.05, 3.63) is 46.9 Å². The highest BCUT2D eigenvalue weighted by Crippen LogP contribution is 2.15. The van der Waals surface area contributed by atoms with E-state index in [9.17, 15) is 4.79 Å². The van der Waals surface area contributed by atoms with Crippen LogP contribution in [0.5, 0.6) is 0 Å². The molecule has 0 radical (unpaired) electrons. The summed E-state index contributed by atoms with van der Waals surface area (Å²) >= 11 is 3.25. The van der Waals surface area contributed by atoms with Gasteiger partial charge in [-0.25, -0.2) is 0 Å². The second kappa shape index (κ2) is 6.75. The Kier molecular flexibility index (Phi) is 5.58. The Hall–Kier alpha value is -0.670. The van der Waals surface area contributed by atoms with Crippen LogP contribution < -0.4 is 0 Å². The first-order valence-electron chi connectivity index (χ1n) is 4.60. The summed E-state index contributed by atoms with van der Waals surface area (Å²) in [7, 11) is 0. The second-order valence-corrected chi connectivity index (χ2v) is 4.58. The van der Waals surface area contributed by atoms with Crippen LogP contribution in [0, 0.1) is 0 Å². The molecule has 1 rings (SSSR count). The largest absolute Gasteiger partial charge is 0.289 e. The summed E-state index contributed by atoms with van der Waals surface area (Å²) in [5.74, 6) is 0.911. The van der Waals surface area contributed by atoms with Gasteiger partial charge >= 0.3 is 0 Å². The van der Waals surface area contributed by atoms with E-state index in [4.69, 9.17) is 0 Å². The van der Waals surface area contributed by atoms with Crippen LogP contribution in [0.2, 0.25) is 0 Å². The molecule has 0 aliphatic rings. The lowest BCUT2D eigenvalue weighted by Crippen LogP contribution is -2.05. The van der Waals surface area contributed by atoms with Gasteiger partial charge in [0, 0.05) is 16.9 Å². The minimum Gasteiger partial charge on any atom is -0.289 e. The molecule has 0 saturated carbocycles. The van der Waals surface area contributed by atoms with Crippen LogP contribution in [0.3, 0.4) is 0 Å². The summed E-state index contributed by atoms with van der Waals surface area (Å²) in [4.78, 5) is 12.0. The molecule has 1 aromatic carbocycles. The number of rotatable bonds is 5. The van der Waals surface area contributed by atoms with Gasteiger partial charge in [0.2, 0.25) is 0 Å². The van der Waals surface area contributed by atoms with E-state index in [1.165, 1.54) is 0 Å². The third-order valence-corrected chi connectivity index (χ3v) is 3.01. The van der Waals surface area contributed by atoms with E-state index >= 15 is 0 Å². The summed E-state index contributed by atoms with van der Waals surface area (Å²) in [6, 6.07) is 9.42. The molecule has 0 N–H and O–H groups in total. The van der Waals surface area contributed by atoms with Crippen LogP contribution in [-0.4, -0.2) is 24.0 Å². The molecule has 0 aromatic heterocycles. The monoisotopic (exact) mass is 238 g/mol. The van der Waals surface area contributed by atoms with Crippen molar-refractivity contribution in [2.75, 3.05) is 18.3 Å². The Morgan fingerprint density at radius 3 is 2.47 bits per heavy atom. The number of ketones is 1. The number of hydrogen-bond donors (Lipinski definition) is 0. The highest BCUT2D eigenvalue weighted by Gasteiger charge is 2.10. The molecule has 0 heterocycles. The normalized spacial score (nSPS) is 11.5. The number of hydrogen-bond acceptors (Lipinski definition) is 3. The molecule has 3 heteroatoms. The fourth-order valence-electron chi connectivity index (χ4n) is 1.23. The van der Waals surface area contributed by atoms with Crippen molar-refractivity contribution in [3.63, 3.8) is 0 Å². The van der Waals surface area contributed by atoms with Crippen LogP contribution in [-0.2, 0) is 0 Å². The summed E-state index contributed by atoms with van der Waals surface area (Å²) in [6.07, 6.45) is 3.98. The topological polar surface area (TPSA) is 17.1 Å². The van der Waals surface area contributed by atoms with Crippen molar-refractivity contribution < 1.29 is 4.79 Å². The van der Waals surface area contributed by atoms with Gasteiger partial charge in [-0.2, -0.15) is 11.8 Å². The molecule has 0 amide bonds. The highest BCUT2D eigenvalue weighted by atomic mass is 32.2. The Morgan fingerprint density at radius 1 is 1.27 bits per heavy atom. The fraction of sp³-hybridized carbons (Fsp3) is 0.250. The molecule has 0 aliphatic heterocycles.